The Balaban J connectivity index is 2.77. The first kappa shape index (κ1) is 12.6. The van der Waals surface area contributed by atoms with Crippen molar-refractivity contribution < 1.29 is 14.9 Å². The maximum absolute atomic E-state index is 10.3. The number of phenolic OH excluding ortho intramolecular Hbond substituents is 2. The van der Waals surface area contributed by atoms with Gasteiger partial charge in [-0.15, -0.1) is 0 Å². The lowest BCUT2D eigenvalue weighted by molar-refractivity contribution is 0.313. The maximum atomic E-state index is 10.3. The number of phenols is 2. The monoisotopic (exact) mass is 246 g/mol. The molecule has 0 saturated carbocycles. The lowest BCUT2D eigenvalue weighted by atomic mass is 10.00. The number of hydrogen-bond donors (Lipinski definition) is 2. The average molecular weight is 246 g/mol. The van der Waals surface area contributed by atoms with Gasteiger partial charge in [-0.3, -0.25) is 0 Å². The van der Waals surface area contributed by atoms with E-state index in [1.807, 2.05) is 26.0 Å². The van der Waals surface area contributed by atoms with E-state index in [-0.39, 0.29) is 11.5 Å². The molecular weight excluding hydrogens is 228 g/mol. The summed E-state index contributed by atoms with van der Waals surface area (Å²) in [5.74, 6) is 0.748. The minimum atomic E-state index is 0.119. The van der Waals surface area contributed by atoms with Crippen molar-refractivity contribution in [3.05, 3.63) is 29.8 Å². The van der Waals surface area contributed by atoms with Crippen LogP contribution in [0.5, 0.6) is 17.2 Å². The van der Waals surface area contributed by atoms with Gasteiger partial charge in [0.15, 0.2) is 11.5 Å². The summed E-state index contributed by atoms with van der Waals surface area (Å²) in [6.07, 6.45) is 1.56. The van der Waals surface area contributed by atoms with Gasteiger partial charge in [0.25, 0.3) is 0 Å². The Hall–Kier alpha value is -1.90. The predicted molar refractivity (Wildman–Crippen MR) is 72.4 cm³/mol. The molecule has 0 aliphatic carbocycles. The summed E-state index contributed by atoms with van der Waals surface area (Å²) in [6, 6.07) is 7.26. The highest BCUT2D eigenvalue weighted by atomic mass is 16.5. The Kier molecular flexibility index (Phi) is 3.60. The minimum Gasteiger partial charge on any atom is -0.507 e. The zero-order valence-electron chi connectivity index (χ0n) is 10.7. The van der Waals surface area contributed by atoms with Crippen LogP contribution in [0, 0.1) is 0 Å². The van der Waals surface area contributed by atoms with Gasteiger partial charge in [0, 0.05) is 16.3 Å². The lowest BCUT2D eigenvalue weighted by Gasteiger charge is -2.16. The van der Waals surface area contributed by atoms with Crippen LogP contribution in [0.15, 0.2) is 24.3 Å². The second kappa shape index (κ2) is 5.17. The average Bonchev–Trinajstić information content (AvgIpc) is 2.40. The molecule has 96 valence electrons. The minimum absolute atomic E-state index is 0.119. The molecule has 0 aliphatic rings. The molecule has 2 aromatic rings. The molecule has 0 unspecified atom stereocenters. The van der Waals surface area contributed by atoms with Gasteiger partial charge < -0.3 is 14.9 Å². The van der Waals surface area contributed by atoms with Gasteiger partial charge in [-0.05, 0) is 13.3 Å². The number of benzene rings is 2. The fourth-order valence-corrected chi connectivity index (χ4v) is 2.21. The molecule has 0 aromatic heterocycles. The van der Waals surface area contributed by atoms with Crippen molar-refractivity contribution in [1.29, 1.82) is 0 Å². The summed E-state index contributed by atoms with van der Waals surface area (Å²) >= 11 is 0. The largest absolute Gasteiger partial charge is 0.507 e. The summed E-state index contributed by atoms with van der Waals surface area (Å²) in [7, 11) is 0. The Labute approximate surface area is 107 Å². The van der Waals surface area contributed by atoms with Crippen molar-refractivity contribution in [2.45, 2.75) is 26.7 Å². The normalized spacial score (nSPS) is 10.8. The van der Waals surface area contributed by atoms with Gasteiger partial charge in [-0.1, -0.05) is 37.6 Å². The van der Waals surface area contributed by atoms with E-state index in [9.17, 15) is 10.2 Å². The van der Waals surface area contributed by atoms with Crippen LogP contribution < -0.4 is 4.74 Å². The first-order chi connectivity index (χ1) is 8.70. The Morgan fingerprint density at radius 2 is 1.61 bits per heavy atom. The smallest absolute Gasteiger partial charge is 0.168 e. The van der Waals surface area contributed by atoms with E-state index in [0.29, 0.717) is 35.1 Å². The van der Waals surface area contributed by atoms with E-state index < -0.39 is 0 Å². The topological polar surface area (TPSA) is 49.7 Å². The third-order valence-electron chi connectivity index (χ3n) is 3.00. The Morgan fingerprint density at radius 3 is 2.17 bits per heavy atom. The molecule has 0 saturated heterocycles. The molecule has 0 atom stereocenters. The number of ether oxygens (including phenoxy) is 1. The molecule has 0 radical (unpaired) electrons. The zero-order chi connectivity index (χ0) is 13.1. The van der Waals surface area contributed by atoms with Crippen LogP contribution in [-0.2, 0) is 6.42 Å². The number of aromatic hydroxyl groups is 2. The molecule has 18 heavy (non-hydrogen) atoms. The molecule has 0 amide bonds. The first-order valence-electron chi connectivity index (χ1n) is 6.29. The summed E-state index contributed by atoms with van der Waals surface area (Å²) in [5, 5.41) is 21.9. The van der Waals surface area contributed by atoms with Crippen LogP contribution in [-0.4, -0.2) is 16.8 Å². The lowest BCUT2D eigenvalue weighted by Crippen LogP contribution is -1.98. The van der Waals surface area contributed by atoms with Crippen molar-refractivity contribution in [2.24, 2.45) is 0 Å². The van der Waals surface area contributed by atoms with Gasteiger partial charge >= 0.3 is 0 Å². The highest BCUT2D eigenvalue weighted by Crippen LogP contribution is 2.45. The van der Waals surface area contributed by atoms with Crippen LogP contribution in [0.1, 0.15) is 25.8 Å². The van der Waals surface area contributed by atoms with E-state index in [1.54, 1.807) is 12.1 Å². The summed E-state index contributed by atoms with van der Waals surface area (Å²) < 4.78 is 5.50. The van der Waals surface area contributed by atoms with Crippen LogP contribution in [0.2, 0.25) is 0 Å². The summed E-state index contributed by atoms with van der Waals surface area (Å²) in [6.45, 7) is 4.35. The van der Waals surface area contributed by atoms with E-state index in [4.69, 9.17) is 4.74 Å². The molecule has 0 fully saturated rings. The molecule has 2 aromatic carbocycles. The highest BCUT2D eigenvalue weighted by molar-refractivity contribution is 5.96. The van der Waals surface area contributed by atoms with Gasteiger partial charge in [0.05, 0.1) is 6.61 Å². The van der Waals surface area contributed by atoms with Crippen molar-refractivity contribution in [2.75, 3.05) is 6.61 Å². The fourth-order valence-electron chi connectivity index (χ4n) is 2.21. The van der Waals surface area contributed by atoms with Crippen LogP contribution in [0.4, 0.5) is 0 Å². The SMILES string of the molecule is CCCc1c(OCC)c(O)c2ccccc2c1O. The first-order valence-corrected chi connectivity index (χ1v) is 6.29. The van der Waals surface area contributed by atoms with Crippen molar-refractivity contribution in [3.63, 3.8) is 0 Å². The van der Waals surface area contributed by atoms with Crippen molar-refractivity contribution in [3.8, 4) is 17.2 Å². The molecule has 0 spiro atoms. The van der Waals surface area contributed by atoms with Crippen LogP contribution in [0.3, 0.4) is 0 Å². The zero-order valence-corrected chi connectivity index (χ0v) is 10.7. The fraction of sp³-hybridized carbons (Fsp3) is 0.333. The van der Waals surface area contributed by atoms with E-state index in [1.165, 1.54) is 0 Å². The second-order valence-corrected chi connectivity index (χ2v) is 4.23. The number of hydrogen-bond acceptors (Lipinski definition) is 3. The van der Waals surface area contributed by atoms with E-state index in [0.717, 1.165) is 6.42 Å². The van der Waals surface area contributed by atoms with Crippen LogP contribution in [0.25, 0.3) is 10.8 Å². The third kappa shape index (κ3) is 1.96. The molecule has 2 N–H and O–H groups in total. The standard InChI is InChI=1S/C15H18O3/c1-3-7-12-13(16)10-8-5-6-9-11(10)14(17)15(12)18-4-2/h5-6,8-9,16-17H,3-4,7H2,1-2H3. The van der Waals surface area contributed by atoms with Crippen LogP contribution >= 0.6 is 0 Å². The Bertz CT molecular complexity index is 511. The third-order valence-corrected chi connectivity index (χ3v) is 3.00. The predicted octanol–water partition coefficient (Wildman–Crippen LogP) is 3.60. The quantitative estimate of drug-likeness (QED) is 0.810. The molecule has 3 nitrogen and oxygen atoms in total. The van der Waals surface area contributed by atoms with Gasteiger partial charge in [0.2, 0.25) is 0 Å². The van der Waals surface area contributed by atoms with Gasteiger partial charge in [-0.25, -0.2) is 0 Å². The number of rotatable bonds is 4. The molecule has 2 rings (SSSR count). The number of fused-ring (bicyclic) bond motifs is 1. The maximum Gasteiger partial charge on any atom is 0.168 e. The Morgan fingerprint density at radius 1 is 1.00 bits per heavy atom. The molecule has 0 aliphatic heterocycles. The van der Waals surface area contributed by atoms with Crippen molar-refractivity contribution in [1.82, 2.24) is 0 Å². The summed E-state index contributed by atoms with van der Waals surface area (Å²) in [4.78, 5) is 0. The molecule has 0 bridgehead atoms. The van der Waals surface area contributed by atoms with Gasteiger partial charge in [0.1, 0.15) is 5.75 Å². The summed E-state index contributed by atoms with van der Waals surface area (Å²) in [5.41, 5.74) is 0.690. The highest BCUT2D eigenvalue weighted by Gasteiger charge is 2.18. The molecule has 3 heteroatoms. The second-order valence-electron chi connectivity index (χ2n) is 4.23. The van der Waals surface area contributed by atoms with E-state index in [2.05, 4.69) is 0 Å². The van der Waals surface area contributed by atoms with Crippen molar-refractivity contribution >= 4 is 10.8 Å². The molecule has 0 heterocycles. The van der Waals surface area contributed by atoms with E-state index >= 15 is 0 Å². The molecular formula is C15H18O3. The van der Waals surface area contributed by atoms with Gasteiger partial charge in [-0.2, -0.15) is 0 Å².